The van der Waals surface area contributed by atoms with Gasteiger partial charge in [0.1, 0.15) is 11.5 Å². The number of hydrogen-bond donors (Lipinski definition) is 1. The number of methoxy groups -OCH3 is 2. The molecule has 4 heteroatoms. The lowest BCUT2D eigenvalue weighted by Gasteiger charge is -2.21. The van der Waals surface area contributed by atoms with Crippen molar-refractivity contribution in [1.29, 1.82) is 0 Å². The molecular weight excluding hydrogens is 244 g/mol. The van der Waals surface area contributed by atoms with Crippen molar-refractivity contribution in [3.63, 3.8) is 0 Å². The summed E-state index contributed by atoms with van der Waals surface area (Å²) in [4.78, 5) is 11.0. The van der Waals surface area contributed by atoms with E-state index in [1.54, 1.807) is 14.2 Å². The van der Waals surface area contributed by atoms with E-state index in [2.05, 4.69) is 0 Å². The van der Waals surface area contributed by atoms with Gasteiger partial charge >= 0.3 is 5.97 Å². The smallest absolute Gasteiger partial charge is 0.303 e. The van der Waals surface area contributed by atoms with Gasteiger partial charge < -0.3 is 14.6 Å². The maximum Gasteiger partial charge on any atom is 0.303 e. The first-order chi connectivity index (χ1) is 9.15. The van der Waals surface area contributed by atoms with Crippen LogP contribution in [0.3, 0.4) is 0 Å². The van der Waals surface area contributed by atoms with E-state index in [0.717, 1.165) is 36.3 Å². The Morgan fingerprint density at radius 2 is 2.11 bits per heavy atom. The molecule has 104 valence electrons. The minimum absolute atomic E-state index is 0.193. The second kappa shape index (κ2) is 5.95. The molecule has 1 aliphatic carbocycles. The fourth-order valence-corrected chi connectivity index (χ4v) is 3.04. The molecule has 0 aliphatic heterocycles. The molecule has 1 aromatic rings. The normalized spacial score (nSPS) is 22.2. The Labute approximate surface area is 113 Å². The summed E-state index contributed by atoms with van der Waals surface area (Å²) in [6.45, 7) is 0. The van der Waals surface area contributed by atoms with E-state index in [1.165, 1.54) is 0 Å². The molecule has 2 atom stereocenters. The second-order valence-corrected chi connectivity index (χ2v) is 5.00. The van der Waals surface area contributed by atoms with Gasteiger partial charge in [-0.25, -0.2) is 0 Å². The van der Waals surface area contributed by atoms with Gasteiger partial charge in [-0.3, -0.25) is 4.79 Å². The van der Waals surface area contributed by atoms with Crippen LogP contribution < -0.4 is 9.47 Å². The molecule has 0 amide bonds. The van der Waals surface area contributed by atoms with Gasteiger partial charge in [0.15, 0.2) is 0 Å². The van der Waals surface area contributed by atoms with Gasteiger partial charge in [-0.15, -0.1) is 0 Å². The molecule has 0 unspecified atom stereocenters. The lowest BCUT2D eigenvalue weighted by atomic mass is 9.86. The Balaban J connectivity index is 2.30. The Morgan fingerprint density at radius 1 is 1.32 bits per heavy atom. The third-order valence-corrected chi connectivity index (χ3v) is 3.93. The van der Waals surface area contributed by atoms with Crippen molar-refractivity contribution in [1.82, 2.24) is 0 Å². The van der Waals surface area contributed by atoms with Crippen molar-refractivity contribution in [3.05, 3.63) is 23.8 Å². The highest BCUT2D eigenvalue weighted by atomic mass is 16.5. The first-order valence-electron chi connectivity index (χ1n) is 6.59. The summed E-state index contributed by atoms with van der Waals surface area (Å²) >= 11 is 0. The van der Waals surface area contributed by atoms with Gasteiger partial charge in [0.2, 0.25) is 0 Å². The Morgan fingerprint density at radius 3 is 2.74 bits per heavy atom. The summed E-state index contributed by atoms with van der Waals surface area (Å²) < 4.78 is 10.7. The predicted molar refractivity (Wildman–Crippen MR) is 71.9 cm³/mol. The molecule has 0 spiro atoms. The number of hydrogen-bond acceptors (Lipinski definition) is 3. The molecule has 0 saturated heterocycles. The van der Waals surface area contributed by atoms with Crippen LogP contribution in [-0.2, 0) is 4.79 Å². The Kier molecular flexibility index (Phi) is 4.30. The van der Waals surface area contributed by atoms with Gasteiger partial charge in [-0.05, 0) is 42.9 Å². The van der Waals surface area contributed by atoms with Crippen molar-refractivity contribution in [2.75, 3.05) is 14.2 Å². The van der Waals surface area contributed by atoms with Crippen LogP contribution in [0, 0.1) is 5.92 Å². The number of rotatable bonds is 5. The Hall–Kier alpha value is -1.71. The fourth-order valence-electron chi connectivity index (χ4n) is 3.04. The molecule has 1 fully saturated rings. The maximum atomic E-state index is 11.0. The summed E-state index contributed by atoms with van der Waals surface area (Å²) in [6, 6.07) is 5.73. The van der Waals surface area contributed by atoms with Crippen molar-refractivity contribution in [3.8, 4) is 11.5 Å². The highest BCUT2D eigenvalue weighted by Gasteiger charge is 2.32. The average Bonchev–Trinajstić information content (AvgIpc) is 2.85. The van der Waals surface area contributed by atoms with E-state index >= 15 is 0 Å². The van der Waals surface area contributed by atoms with Crippen molar-refractivity contribution in [2.24, 2.45) is 5.92 Å². The van der Waals surface area contributed by atoms with Crippen molar-refractivity contribution in [2.45, 2.75) is 31.6 Å². The van der Waals surface area contributed by atoms with E-state index < -0.39 is 5.97 Å². The van der Waals surface area contributed by atoms with Crippen LogP contribution in [0.25, 0.3) is 0 Å². The molecule has 1 aromatic carbocycles. The first kappa shape index (κ1) is 13.7. The molecule has 1 saturated carbocycles. The quantitative estimate of drug-likeness (QED) is 0.888. The molecule has 0 radical (unpaired) electrons. The zero-order valence-electron chi connectivity index (χ0n) is 11.4. The van der Waals surface area contributed by atoms with E-state index in [9.17, 15) is 4.79 Å². The van der Waals surface area contributed by atoms with Gasteiger partial charge in [0.25, 0.3) is 0 Å². The van der Waals surface area contributed by atoms with Crippen molar-refractivity contribution >= 4 is 5.97 Å². The van der Waals surface area contributed by atoms with Gasteiger partial charge in [-0.1, -0.05) is 6.42 Å². The molecule has 4 nitrogen and oxygen atoms in total. The van der Waals surface area contributed by atoms with E-state index in [4.69, 9.17) is 14.6 Å². The lowest BCUT2D eigenvalue weighted by Crippen LogP contribution is -2.12. The number of carboxylic acid groups (broad SMARTS) is 1. The van der Waals surface area contributed by atoms with Gasteiger partial charge in [0, 0.05) is 12.0 Å². The minimum Gasteiger partial charge on any atom is -0.497 e. The Bertz CT molecular complexity index is 455. The SMILES string of the molecule is COc1ccc(OC)c([C@@H]2CCC[C@@H]2CC(=O)O)c1. The number of benzene rings is 1. The van der Waals surface area contributed by atoms with Gasteiger partial charge in [-0.2, -0.15) is 0 Å². The highest BCUT2D eigenvalue weighted by molar-refractivity contribution is 5.67. The van der Waals surface area contributed by atoms with Crippen LogP contribution >= 0.6 is 0 Å². The largest absolute Gasteiger partial charge is 0.497 e. The number of ether oxygens (including phenoxy) is 2. The zero-order valence-corrected chi connectivity index (χ0v) is 11.4. The molecule has 0 bridgehead atoms. The molecule has 1 aliphatic rings. The van der Waals surface area contributed by atoms with Crippen LogP contribution in [0.5, 0.6) is 11.5 Å². The van der Waals surface area contributed by atoms with E-state index in [0.29, 0.717) is 0 Å². The molecule has 0 heterocycles. The maximum absolute atomic E-state index is 11.0. The van der Waals surface area contributed by atoms with E-state index in [-0.39, 0.29) is 18.3 Å². The third-order valence-electron chi connectivity index (χ3n) is 3.93. The van der Waals surface area contributed by atoms with Crippen LogP contribution in [0.4, 0.5) is 0 Å². The summed E-state index contributed by atoms with van der Waals surface area (Å²) in [6.07, 6.45) is 3.28. The summed E-state index contributed by atoms with van der Waals surface area (Å²) in [5, 5.41) is 9.01. The van der Waals surface area contributed by atoms with Crippen molar-refractivity contribution < 1.29 is 19.4 Å². The van der Waals surface area contributed by atoms with Crippen LogP contribution in [0.1, 0.15) is 37.2 Å². The second-order valence-electron chi connectivity index (χ2n) is 5.00. The zero-order chi connectivity index (χ0) is 13.8. The lowest BCUT2D eigenvalue weighted by molar-refractivity contribution is -0.138. The van der Waals surface area contributed by atoms with Crippen LogP contribution in [0.2, 0.25) is 0 Å². The number of carboxylic acids is 1. The number of aliphatic carboxylic acids is 1. The minimum atomic E-state index is -0.723. The monoisotopic (exact) mass is 264 g/mol. The van der Waals surface area contributed by atoms with Gasteiger partial charge in [0.05, 0.1) is 14.2 Å². The predicted octanol–water partition coefficient (Wildman–Crippen LogP) is 3.06. The third kappa shape index (κ3) is 3.00. The highest BCUT2D eigenvalue weighted by Crippen LogP contribution is 2.45. The standard InChI is InChI=1S/C15H20O4/c1-18-11-6-7-14(19-2)13(9-11)12-5-3-4-10(12)8-15(16)17/h6-7,9-10,12H,3-5,8H2,1-2H3,(H,16,17)/t10-,12-/m1/s1. The van der Waals surface area contributed by atoms with Crippen LogP contribution in [-0.4, -0.2) is 25.3 Å². The number of carbonyl (C=O) groups is 1. The molecule has 0 aromatic heterocycles. The molecule has 19 heavy (non-hydrogen) atoms. The molecular formula is C15H20O4. The topological polar surface area (TPSA) is 55.8 Å². The summed E-state index contributed by atoms with van der Waals surface area (Å²) in [7, 11) is 3.28. The van der Waals surface area contributed by atoms with Crippen LogP contribution in [0.15, 0.2) is 18.2 Å². The summed E-state index contributed by atoms with van der Waals surface area (Å²) in [5.41, 5.74) is 1.07. The summed E-state index contributed by atoms with van der Waals surface area (Å²) in [5.74, 6) is 1.33. The van der Waals surface area contributed by atoms with E-state index in [1.807, 2.05) is 18.2 Å². The average molecular weight is 264 g/mol. The molecule has 1 N–H and O–H groups in total. The fraction of sp³-hybridized carbons (Fsp3) is 0.533. The first-order valence-corrected chi connectivity index (χ1v) is 6.59. The molecule has 2 rings (SSSR count).